The summed E-state index contributed by atoms with van der Waals surface area (Å²) in [6.45, 7) is 3.58. The van der Waals surface area contributed by atoms with E-state index in [2.05, 4.69) is 10.2 Å². The molecule has 2 aromatic rings. The molecule has 1 aromatic heterocycles. The van der Waals surface area contributed by atoms with E-state index < -0.39 is 10.0 Å². The zero-order valence-electron chi connectivity index (χ0n) is 17.0. The van der Waals surface area contributed by atoms with E-state index in [1.165, 1.54) is 11.3 Å². The van der Waals surface area contributed by atoms with Crippen LogP contribution in [0.4, 0.5) is 0 Å². The van der Waals surface area contributed by atoms with E-state index in [4.69, 9.17) is 17.0 Å². The van der Waals surface area contributed by atoms with Crippen LogP contribution in [0.25, 0.3) is 0 Å². The molecule has 4 rings (SSSR count). The maximum absolute atomic E-state index is 12.8. The van der Waals surface area contributed by atoms with Crippen molar-refractivity contribution >= 4 is 38.7 Å². The third kappa shape index (κ3) is 4.34. The Morgan fingerprint density at radius 3 is 2.60 bits per heavy atom. The fourth-order valence-electron chi connectivity index (χ4n) is 4.39. The normalized spacial score (nSPS) is 19.2. The van der Waals surface area contributed by atoms with Gasteiger partial charge in [-0.05, 0) is 54.4 Å². The molecular weight excluding hydrogens is 438 g/mol. The van der Waals surface area contributed by atoms with Gasteiger partial charge in [-0.3, -0.25) is 0 Å². The SMILES string of the molecule is COc1ccccc1CNC(=S)N1CCC2(CCN(S(=O)(=O)c3cccs3)CC2)C1. The molecule has 0 bridgehead atoms. The number of piperidine rings is 1. The van der Waals surface area contributed by atoms with Crippen LogP contribution < -0.4 is 10.1 Å². The molecule has 162 valence electrons. The second-order valence-electron chi connectivity index (χ2n) is 7.98. The van der Waals surface area contributed by atoms with Crippen LogP contribution in [0.2, 0.25) is 0 Å². The molecule has 2 aliphatic rings. The molecule has 2 fully saturated rings. The molecule has 0 aliphatic carbocycles. The largest absolute Gasteiger partial charge is 0.496 e. The molecule has 1 N–H and O–H groups in total. The van der Waals surface area contributed by atoms with Crippen LogP contribution >= 0.6 is 23.6 Å². The van der Waals surface area contributed by atoms with Crippen molar-refractivity contribution in [1.29, 1.82) is 0 Å². The van der Waals surface area contributed by atoms with Crippen molar-refractivity contribution in [2.24, 2.45) is 5.41 Å². The van der Waals surface area contributed by atoms with Gasteiger partial charge in [0.05, 0.1) is 7.11 Å². The number of hydrogen-bond donors (Lipinski definition) is 1. The summed E-state index contributed by atoms with van der Waals surface area (Å²) in [4.78, 5) is 2.23. The topological polar surface area (TPSA) is 61.9 Å². The monoisotopic (exact) mass is 465 g/mol. The number of para-hydroxylation sites is 1. The van der Waals surface area contributed by atoms with Crippen LogP contribution in [0, 0.1) is 5.41 Å². The third-order valence-corrected chi connectivity index (χ3v) is 9.89. The van der Waals surface area contributed by atoms with Crippen molar-refractivity contribution in [2.45, 2.75) is 30.0 Å². The maximum Gasteiger partial charge on any atom is 0.252 e. The fourth-order valence-corrected chi connectivity index (χ4v) is 7.20. The minimum absolute atomic E-state index is 0.150. The Bertz CT molecular complexity index is 984. The van der Waals surface area contributed by atoms with Crippen molar-refractivity contribution in [3.8, 4) is 5.75 Å². The van der Waals surface area contributed by atoms with E-state index in [1.54, 1.807) is 23.5 Å². The van der Waals surface area contributed by atoms with Gasteiger partial charge in [0.1, 0.15) is 9.96 Å². The van der Waals surface area contributed by atoms with Crippen LogP contribution in [0.1, 0.15) is 24.8 Å². The highest BCUT2D eigenvalue weighted by Crippen LogP contribution is 2.41. The minimum Gasteiger partial charge on any atom is -0.496 e. The first-order valence-electron chi connectivity index (χ1n) is 10.1. The van der Waals surface area contributed by atoms with E-state index >= 15 is 0 Å². The van der Waals surface area contributed by atoms with Crippen LogP contribution in [-0.2, 0) is 16.6 Å². The Balaban J connectivity index is 1.32. The van der Waals surface area contributed by atoms with E-state index in [0.717, 1.165) is 48.8 Å². The van der Waals surface area contributed by atoms with Crippen molar-refractivity contribution in [2.75, 3.05) is 33.3 Å². The number of benzene rings is 1. The molecule has 3 heterocycles. The van der Waals surface area contributed by atoms with Crippen LogP contribution in [0.5, 0.6) is 5.75 Å². The lowest BCUT2D eigenvalue weighted by Crippen LogP contribution is -2.45. The second-order valence-corrected chi connectivity index (χ2v) is 11.5. The zero-order valence-corrected chi connectivity index (χ0v) is 19.5. The predicted octanol–water partition coefficient (Wildman–Crippen LogP) is 3.31. The molecule has 1 spiro atoms. The number of ether oxygens (including phenoxy) is 1. The summed E-state index contributed by atoms with van der Waals surface area (Å²) in [5, 5.41) is 5.93. The highest BCUT2D eigenvalue weighted by Gasteiger charge is 2.43. The number of thiophene rings is 1. The molecule has 2 saturated heterocycles. The third-order valence-electron chi connectivity index (χ3n) is 6.22. The first-order valence-corrected chi connectivity index (χ1v) is 12.8. The van der Waals surface area contributed by atoms with Gasteiger partial charge >= 0.3 is 0 Å². The average molecular weight is 466 g/mol. The standard InChI is InChI=1S/C21H27N3O3S3/c1-27-18-6-3-2-5-17(18)15-22-20(28)23-11-8-21(16-23)9-12-24(13-10-21)30(25,26)19-7-4-14-29-19/h2-7,14H,8-13,15-16H2,1H3,(H,22,28). The summed E-state index contributed by atoms with van der Waals surface area (Å²) < 4.78 is 33.1. The van der Waals surface area contributed by atoms with Gasteiger partial charge in [-0.2, -0.15) is 4.31 Å². The van der Waals surface area contributed by atoms with Crippen LogP contribution in [-0.4, -0.2) is 56.0 Å². The first kappa shape index (κ1) is 21.5. The predicted molar refractivity (Wildman–Crippen MR) is 123 cm³/mol. The van der Waals surface area contributed by atoms with Gasteiger partial charge in [0.15, 0.2) is 5.11 Å². The number of methoxy groups -OCH3 is 1. The summed E-state index contributed by atoms with van der Waals surface area (Å²) in [6, 6.07) is 11.4. The lowest BCUT2D eigenvalue weighted by Gasteiger charge is -2.38. The van der Waals surface area contributed by atoms with Crippen LogP contribution in [0.3, 0.4) is 0 Å². The van der Waals surface area contributed by atoms with E-state index in [0.29, 0.717) is 23.8 Å². The van der Waals surface area contributed by atoms with Gasteiger partial charge in [-0.15, -0.1) is 11.3 Å². The Morgan fingerprint density at radius 2 is 1.90 bits per heavy atom. The maximum atomic E-state index is 12.8. The van der Waals surface area contributed by atoms with Crippen molar-refractivity contribution in [3.63, 3.8) is 0 Å². The van der Waals surface area contributed by atoms with Gasteiger partial charge in [-0.25, -0.2) is 8.42 Å². The number of thiocarbonyl (C=S) groups is 1. The fraction of sp³-hybridized carbons (Fsp3) is 0.476. The molecule has 0 radical (unpaired) electrons. The lowest BCUT2D eigenvalue weighted by atomic mass is 9.78. The number of rotatable bonds is 5. The lowest BCUT2D eigenvalue weighted by molar-refractivity contribution is 0.166. The van der Waals surface area contributed by atoms with E-state index in [1.807, 2.05) is 29.6 Å². The minimum atomic E-state index is -3.35. The van der Waals surface area contributed by atoms with Crippen molar-refractivity contribution < 1.29 is 13.2 Å². The van der Waals surface area contributed by atoms with Gasteiger partial charge in [-0.1, -0.05) is 24.3 Å². The Kier molecular flexibility index (Phi) is 6.34. The van der Waals surface area contributed by atoms with Gasteiger partial charge in [0.25, 0.3) is 10.0 Å². The number of nitrogens with one attached hydrogen (secondary N) is 1. The molecule has 0 unspecified atom stereocenters. The average Bonchev–Trinajstić information content (AvgIpc) is 3.44. The summed E-state index contributed by atoms with van der Waals surface area (Å²) in [7, 11) is -1.68. The molecule has 30 heavy (non-hydrogen) atoms. The molecule has 9 heteroatoms. The quantitative estimate of drug-likeness (QED) is 0.684. The molecule has 0 atom stereocenters. The van der Waals surface area contributed by atoms with Crippen LogP contribution in [0.15, 0.2) is 46.0 Å². The van der Waals surface area contributed by atoms with Crippen molar-refractivity contribution in [1.82, 2.24) is 14.5 Å². The summed E-state index contributed by atoms with van der Waals surface area (Å²) >= 11 is 6.94. The number of likely N-dealkylation sites (tertiary alicyclic amines) is 1. The number of sulfonamides is 1. The highest BCUT2D eigenvalue weighted by atomic mass is 32.2. The smallest absolute Gasteiger partial charge is 0.252 e. The summed E-state index contributed by atoms with van der Waals surface area (Å²) in [6.07, 6.45) is 2.81. The zero-order chi connectivity index (χ0) is 21.2. The molecule has 6 nitrogen and oxygen atoms in total. The van der Waals surface area contributed by atoms with Gasteiger partial charge < -0.3 is 15.0 Å². The van der Waals surface area contributed by atoms with Crippen molar-refractivity contribution in [3.05, 3.63) is 47.3 Å². The molecule has 0 saturated carbocycles. The second kappa shape index (κ2) is 8.82. The number of hydrogen-bond acceptors (Lipinski definition) is 5. The number of nitrogens with zero attached hydrogens (tertiary/aromatic N) is 2. The highest BCUT2D eigenvalue weighted by molar-refractivity contribution is 7.91. The molecular formula is C21H27N3O3S3. The van der Waals surface area contributed by atoms with Gasteiger partial charge in [0.2, 0.25) is 0 Å². The Morgan fingerprint density at radius 1 is 1.17 bits per heavy atom. The van der Waals surface area contributed by atoms with E-state index in [9.17, 15) is 8.42 Å². The Labute approximate surface area is 187 Å². The molecule has 1 aromatic carbocycles. The molecule has 0 amide bonds. The van der Waals surface area contributed by atoms with E-state index in [-0.39, 0.29) is 5.41 Å². The summed E-state index contributed by atoms with van der Waals surface area (Å²) in [5.41, 5.74) is 1.22. The first-order chi connectivity index (χ1) is 14.4. The summed E-state index contributed by atoms with van der Waals surface area (Å²) in [5.74, 6) is 0.852. The van der Waals surface area contributed by atoms with Gasteiger partial charge in [0, 0.05) is 38.3 Å². The Hall–Kier alpha value is -1.68. The molecule has 2 aliphatic heterocycles.